The summed E-state index contributed by atoms with van der Waals surface area (Å²) in [6, 6.07) is 10.6. The molecule has 2 aromatic rings. The van der Waals surface area contributed by atoms with Gasteiger partial charge in [0.15, 0.2) is 6.61 Å². The summed E-state index contributed by atoms with van der Waals surface area (Å²) >= 11 is 4.12. The number of imide groups is 1. The molecule has 0 unspecified atom stereocenters. The third-order valence-corrected chi connectivity index (χ3v) is 6.20. The second kappa shape index (κ2) is 10.7. The summed E-state index contributed by atoms with van der Waals surface area (Å²) < 4.78 is 10.5. The molecule has 3 rings (SSSR count). The molecule has 0 atom stereocenters. The summed E-state index contributed by atoms with van der Waals surface area (Å²) in [6.07, 6.45) is 1.56. The van der Waals surface area contributed by atoms with Gasteiger partial charge in [-0.25, -0.2) is 4.79 Å². The molecular formula is C23H21BrN2O6S. The molecule has 1 N–H and O–H groups in total. The molecule has 3 amide bonds. The molecule has 1 heterocycles. The molecule has 2 aromatic carbocycles. The summed E-state index contributed by atoms with van der Waals surface area (Å²) in [4.78, 5) is 49.9. The van der Waals surface area contributed by atoms with Crippen molar-refractivity contribution in [1.29, 1.82) is 0 Å². The van der Waals surface area contributed by atoms with E-state index in [2.05, 4.69) is 26.0 Å². The maximum absolute atomic E-state index is 12.7. The number of hydrogen-bond acceptors (Lipinski definition) is 7. The minimum Gasteiger partial charge on any atom is -0.481 e. The summed E-state index contributed by atoms with van der Waals surface area (Å²) in [7, 11) is 1.27. The second-order valence-corrected chi connectivity index (χ2v) is 9.04. The normalized spacial score (nSPS) is 14.5. The van der Waals surface area contributed by atoms with Crippen LogP contribution >= 0.6 is 27.7 Å². The maximum atomic E-state index is 12.7. The number of aryl methyl sites for hydroxylation is 2. The van der Waals surface area contributed by atoms with E-state index >= 15 is 0 Å². The summed E-state index contributed by atoms with van der Waals surface area (Å²) in [6.45, 7) is 3.16. The van der Waals surface area contributed by atoms with Crippen LogP contribution < -0.4 is 10.1 Å². The number of methoxy groups -OCH3 is 1. The van der Waals surface area contributed by atoms with Gasteiger partial charge in [0.1, 0.15) is 12.3 Å². The van der Waals surface area contributed by atoms with Gasteiger partial charge in [0.2, 0.25) is 5.91 Å². The number of esters is 1. The van der Waals surface area contributed by atoms with Crippen LogP contribution in [-0.2, 0) is 19.1 Å². The van der Waals surface area contributed by atoms with E-state index in [1.807, 2.05) is 32.0 Å². The molecule has 33 heavy (non-hydrogen) atoms. The maximum Gasteiger partial charge on any atom is 0.343 e. The second-order valence-electron chi connectivity index (χ2n) is 7.19. The number of amides is 3. The van der Waals surface area contributed by atoms with Gasteiger partial charge in [-0.15, -0.1) is 0 Å². The van der Waals surface area contributed by atoms with Gasteiger partial charge in [-0.3, -0.25) is 19.3 Å². The predicted octanol–water partition coefficient (Wildman–Crippen LogP) is 4.29. The molecule has 0 aliphatic carbocycles. The number of nitrogens with zero attached hydrogens (tertiary/aromatic N) is 1. The van der Waals surface area contributed by atoms with Crippen molar-refractivity contribution in [1.82, 2.24) is 4.90 Å². The lowest BCUT2D eigenvalue weighted by Gasteiger charge is -2.14. The molecule has 0 aromatic heterocycles. The smallest absolute Gasteiger partial charge is 0.343 e. The fraction of sp³-hybridized carbons (Fsp3) is 0.217. The fourth-order valence-electron chi connectivity index (χ4n) is 2.91. The number of carbonyl (C=O) groups is 4. The topological polar surface area (TPSA) is 102 Å². The quantitative estimate of drug-likeness (QED) is 0.419. The minimum absolute atomic E-state index is 0.203. The lowest BCUT2D eigenvalue weighted by atomic mass is 10.1. The van der Waals surface area contributed by atoms with Gasteiger partial charge >= 0.3 is 5.97 Å². The van der Waals surface area contributed by atoms with E-state index in [0.717, 1.165) is 27.8 Å². The van der Waals surface area contributed by atoms with Crippen molar-refractivity contribution < 1.29 is 28.7 Å². The number of anilines is 1. The number of ether oxygens (including phenoxy) is 2. The fourth-order valence-corrected chi connectivity index (χ4v) is 4.26. The highest BCUT2D eigenvalue weighted by molar-refractivity contribution is 9.10. The number of benzene rings is 2. The van der Waals surface area contributed by atoms with Crippen molar-refractivity contribution in [2.45, 2.75) is 13.8 Å². The van der Waals surface area contributed by atoms with E-state index < -0.39 is 23.0 Å². The van der Waals surface area contributed by atoms with Gasteiger partial charge in [0.25, 0.3) is 11.1 Å². The number of rotatable bonds is 7. The molecule has 8 nitrogen and oxygen atoms in total. The van der Waals surface area contributed by atoms with E-state index in [0.29, 0.717) is 21.5 Å². The monoisotopic (exact) mass is 532 g/mol. The van der Waals surface area contributed by atoms with Gasteiger partial charge in [-0.2, -0.15) is 0 Å². The lowest BCUT2D eigenvalue weighted by molar-refractivity contribution is -0.143. The van der Waals surface area contributed by atoms with Crippen molar-refractivity contribution in [3.63, 3.8) is 0 Å². The van der Waals surface area contributed by atoms with Crippen molar-refractivity contribution in [2.75, 3.05) is 25.6 Å². The highest BCUT2D eigenvalue weighted by Crippen LogP contribution is 2.34. The average molecular weight is 533 g/mol. The largest absolute Gasteiger partial charge is 0.481 e. The van der Waals surface area contributed by atoms with Crippen LogP contribution in [0.2, 0.25) is 0 Å². The highest BCUT2D eigenvalue weighted by Gasteiger charge is 2.36. The van der Waals surface area contributed by atoms with Crippen LogP contribution in [0.1, 0.15) is 16.7 Å². The zero-order valence-electron chi connectivity index (χ0n) is 18.1. The standard InChI is InChI=1S/C23H21BrN2O6S/c1-13-4-5-14(2)17(8-13)25-20(27)11-26-22(29)19(33-23(26)30)10-15-6-7-18(16(24)9-15)32-12-21(28)31-3/h4-10H,11-12H2,1-3H3,(H,25,27)/b19-10+. The molecule has 0 bridgehead atoms. The van der Waals surface area contributed by atoms with Gasteiger partial charge in [-0.05, 0) is 82.5 Å². The van der Waals surface area contributed by atoms with Crippen molar-refractivity contribution in [2.24, 2.45) is 0 Å². The summed E-state index contributed by atoms with van der Waals surface area (Å²) in [5.74, 6) is -1.08. The Bertz CT molecular complexity index is 1160. The number of thioether (sulfide) groups is 1. The van der Waals surface area contributed by atoms with Gasteiger partial charge in [-0.1, -0.05) is 18.2 Å². The van der Waals surface area contributed by atoms with Crippen LogP contribution in [0.15, 0.2) is 45.8 Å². The third kappa shape index (κ3) is 6.23. The molecule has 0 radical (unpaired) electrons. The molecule has 1 saturated heterocycles. The number of hydrogen-bond donors (Lipinski definition) is 1. The zero-order chi connectivity index (χ0) is 24.1. The zero-order valence-corrected chi connectivity index (χ0v) is 20.5. The van der Waals surface area contributed by atoms with Crippen LogP contribution in [0.25, 0.3) is 6.08 Å². The first-order valence-electron chi connectivity index (χ1n) is 9.79. The molecule has 1 aliphatic rings. The van der Waals surface area contributed by atoms with Crippen molar-refractivity contribution >= 4 is 62.5 Å². The van der Waals surface area contributed by atoms with E-state index in [4.69, 9.17) is 4.74 Å². The Labute approximate surface area is 203 Å². The Morgan fingerprint density at radius 1 is 1.15 bits per heavy atom. The van der Waals surface area contributed by atoms with E-state index in [1.165, 1.54) is 7.11 Å². The third-order valence-electron chi connectivity index (χ3n) is 4.67. The predicted molar refractivity (Wildman–Crippen MR) is 129 cm³/mol. The van der Waals surface area contributed by atoms with Crippen LogP contribution in [0.5, 0.6) is 5.75 Å². The Kier molecular flexibility index (Phi) is 7.93. The molecular weight excluding hydrogens is 512 g/mol. The van der Waals surface area contributed by atoms with Crippen LogP contribution in [0, 0.1) is 13.8 Å². The van der Waals surface area contributed by atoms with Crippen LogP contribution in [0.4, 0.5) is 10.5 Å². The van der Waals surface area contributed by atoms with Crippen LogP contribution in [0.3, 0.4) is 0 Å². The Morgan fingerprint density at radius 2 is 1.91 bits per heavy atom. The van der Waals surface area contributed by atoms with Gasteiger partial charge < -0.3 is 14.8 Å². The molecule has 1 aliphatic heterocycles. The first-order valence-corrected chi connectivity index (χ1v) is 11.4. The summed E-state index contributed by atoms with van der Waals surface area (Å²) in [5.41, 5.74) is 3.14. The molecule has 172 valence electrons. The molecule has 10 heteroatoms. The Balaban J connectivity index is 1.68. The van der Waals surface area contributed by atoms with Crippen molar-refractivity contribution in [3.05, 3.63) is 62.5 Å². The summed E-state index contributed by atoms with van der Waals surface area (Å²) in [5, 5.41) is 2.24. The van der Waals surface area contributed by atoms with E-state index in [1.54, 1.807) is 24.3 Å². The first-order chi connectivity index (χ1) is 15.7. The van der Waals surface area contributed by atoms with E-state index in [9.17, 15) is 19.2 Å². The van der Waals surface area contributed by atoms with E-state index in [-0.39, 0.29) is 18.1 Å². The minimum atomic E-state index is -0.539. The van der Waals surface area contributed by atoms with Gasteiger partial charge in [0.05, 0.1) is 16.5 Å². The molecule has 1 fully saturated rings. The number of carbonyl (C=O) groups excluding carboxylic acids is 4. The first kappa shape index (κ1) is 24.5. The lowest BCUT2D eigenvalue weighted by Crippen LogP contribution is -2.36. The highest BCUT2D eigenvalue weighted by atomic mass is 79.9. The van der Waals surface area contributed by atoms with Crippen molar-refractivity contribution in [3.8, 4) is 5.75 Å². The Morgan fingerprint density at radius 3 is 2.61 bits per heavy atom. The number of halogens is 1. The number of nitrogens with one attached hydrogen (secondary N) is 1. The van der Waals surface area contributed by atoms with Gasteiger partial charge in [0, 0.05) is 5.69 Å². The average Bonchev–Trinajstić information content (AvgIpc) is 3.02. The SMILES string of the molecule is COC(=O)COc1ccc(/C=C2/SC(=O)N(CC(=O)Nc3cc(C)ccc3C)C2=O)cc1Br. The molecule has 0 spiro atoms. The Hall–Kier alpha value is -3.11. The van der Waals surface area contributed by atoms with Crippen LogP contribution in [-0.4, -0.2) is 48.2 Å². The molecule has 0 saturated carbocycles.